The third kappa shape index (κ3) is 4.59. The highest BCUT2D eigenvalue weighted by Crippen LogP contribution is 2.52. The summed E-state index contributed by atoms with van der Waals surface area (Å²) in [5, 5.41) is 10.5. The summed E-state index contributed by atoms with van der Waals surface area (Å²) < 4.78 is 31.9. The number of carbonyl (C=O) groups is 1. The summed E-state index contributed by atoms with van der Waals surface area (Å²) in [6, 6.07) is 3.84. The van der Waals surface area contributed by atoms with Crippen LogP contribution in [0.5, 0.6) is 17.2 Å². The van der Waals surface area contributed by atoms with E-state index in [2.05, 4.69) is 4.90 Å². The monoisotopic (exact) mass is 512 g/mol. The average molecular weight is 513 g/mol. The smallest absolute Gasteiger partial charge is 0.410 e. The predicted molar refractivity (Wildman–Crippen MR) is 128 cm³/mol. The fraction of sp³-hybridized carbons (Fsp3) is 0.458. The number of nitrogens with zero attached hydrogens (tertiary/aromatic N) is 2. The fourth-order valence-electron chi connectivity index (χ4n) is 4.31. The summed E-state index contributed by atoms with van der Waals surface area (Å²) in [6.45, 7) is 7.62. The van der Waals surface area contributed by atoms with E-state index < -0.39 is 11.4 Å². The molecule has 184 valence electrons. The maximum Gasteiger partial charge on any atom is 0.410 e. The lowest BCUT2D eigenvalue weighted by Gasteiger charge is -2.40. The molecule has 10 heteroatoms. The van der Waals surface area contributed by atoms with E-state index in [0.717, 1.165) is 0 Å². The lowest BCUT2D eigenvalue weighted by Crippen LogP contribution is -2.56. The van der Waals surface area contributed by atoms with E-state index >= 15 is 0 Å². The molecule has 2 heterocycles. The Labute approximate surface area is 207 Å². The van der Waals surface area contributed by atoms with Gasteiger partial charge in [0.15, 0.2) is 0 Å². The van der Waals surface area contributed by atoms with Crippen molar-refractivity contribution in [3.05, 3.63) is 39.6 Å². The highest BCUT2D eigenvalue weighted by atomic mass is 35.5. The number of piperazine rings is 1. The molecule has 4 rings (SSSR count). The van der Waals surface area contributed by atoms with Crippen molar-refractivity contribution in [1.29, 1.82) is 0 Å². The summed E-state index contributed by atoms with van der Waals surface area (Å²) in [5.74, 6) is -0.359. The molecule has 0 unspecified atom stereocenters. The fourth-order valence-corrected chi connectivity index (χ4v) is 5.10. The maximum absolute atomic E-state index is 14.7. The Morgan fingerprint density at radius 3 is 2.59 bits per heavy atom. The van der Waals surface area contributed by atoms with Crippen molar-refractivity contribution >= 4 is 29.3 Å². The van der Waals surface area contributed by atoms with E-state index in [0.29, 0.717) is 43.2 Å². The van der Waals surface area contributed by atoms with Gasteiger partial charge < -0.3 is 24.2 Å². The van der Waals surface area contributed by atoms with Crippen LogP contribution in [0.3, 0.4) is 0 Å². The first-order valence-corrected chi connectivity index (χ1v) is 11.7. The first-order chi connectivity index (χ1) is 16.0. The summed E-state index contributed by atoms with van der Waals surface area (Å²) in [7, 11) is 1.46. The molecular formula is C24H27Cl2FN2O5. The van der Waals surface area contributed by atoms with Gasteiger partial charge in [0.05, 0.1) is 34.3 Å². The highest BCUT2D eigenvalue weighted by molar-refractivity contribution is 6.41. The number of carbonyl (C=O) groups excluding carboxylic acids is 1. The van der Waals surface area contributed by atoms with Crippen LogP contribution >= 0.6 is 23.2 Å². The van der Waals surface area contributed by atoms with Crippen molar-refractivity contribution < 1.29 is 28.5 Å². The molecule has 2 aliphatic heterocycles. The van der Waals surface area contributed by atoms with Crippen LogP contribution in [0.2, 0.25) is 10.0 Å². The largest absolute Gasteiger partial charge is 0.507 e. The molecular weight excluding hydrogens is 486 g/mol. The van der Waals surface area contributed by atoms with Gasteiger partial charge in [0.25, 0.3) is 0 Å². The van der Waals surface area contributed by atoms with Crippen LogP contribution in [-0.2, 0) is 11.3 Å². The first kappa shape index (κ1) is 24.7. The van der Waals surface area contributed by atoms with Crippen molar-refractivity contribution in [2.75, 3.05) is 33.4 Å². The van der Waals surface area contributed by atoms with Crippen molar-refractivity contribution in [2.24, 2.45) is 0 Å². The van der Waals surface area contributed by atoms with E-state index in [1.807, 2.05) is 20.8 Å². The minimum Gasteiger partial charge on any atom is -0.507 e. The van der Waals surface area contributed by atoms with Crippen LogP contribution in [0.1, 0.15) is 26.3 Å². The summed E-state index contributed by atoms with van der Waals surface area (Å²) in [6.07, 6.45) is -0.370. The van der Waals surface area contributed by atoms with Gasteiger partial charge in [-0.2, -0.15) is 0 Å². The van der Waals surface area contributed by atoms with Crippen molar-refractivity contribution in [3.8, 4) is 28.4 Å². The van der Waals surface area contributed by atoms with Gasteiger partial charge in [-0.1, -0.05) is 29.3 Å². The van der Waals surface area contributed by atoms with E-state index in [1.165, 1.54) is 25.3 Å². The van der Waals surface area contributed by atoms with E-state index in [-0.39, 0.29) is 45.7 Å². The van der Waals surface area contributed by atoms with Gasteiger partial charge in [0.1, 0.15) is 35.3 Å². The molecule has 1 atom stereocenters. The van der Waals surface area contributed by atoms with Crippen LogP contribution < -0.4 is 9.47 Å². The Morgan fingerprint density at radius 2 is 1.94 bits per heavy atom. The SMILES string of the molecule is COc1c(Cl)c(-c2c(O)cccc2F)c(Cl)c2c1CN1CCN(C(=O)OC(C)(C)C)C[C@@H]1CO2. The molecule has 0 aliphatic carbocycles. The van der Waals surface area contributed by atoms with Gasteiger partial charge in [-0.3, -0.25) is 4.90 Å². The molecule has 2 aromatic carbocycles. The maximum atomic E-state index is 14.7. The van der Waals surface area contributed by atoms with Crippen LogP contribution in [0.4, 0.5) is 9.18 Å². The molecule has 0 radical (unpaired) electrons. The average Bonchev–Trinajstić information content (AvgIpc) is 2.94. The number of phenols is 1. The number of halogens is 3. The minimum atomic E-state index is -0.676. The number of amides is 1. The predicted octanol–water partition coefficient (Wildman–Crippen LogP) is 5.33. The van der Waals surface area contributed by atoms with Crippen molar-refractivity contribution in [3.63, 3.8) is 0 Å². The van der Waals surface area contributed by atoms with E-state index in [1.54, 1.807) is 4.90 Å². The van der Waals surface area contributed by atoms with Gasteiger partial charge in [0.2, 0.25) is 0 Å². The van der Waals surface area contributed by atoms with E-state index in [4.69, 9.17) is 37.4 Å². The lowest BCUT2D eigenvalue weighted by atomic mass is 9.99. The second kappa shape index (κ2) is 9.32. The molecule has 7 nitrogen and oxygen atoms in total. The molecule has 34 heavy (non-hydrogen) atoms. The number of fused-ring (bicyclic) bond motifs is 2. The molecule has 2 aromatic rings. The summed E-state index contributed by atoms with van der Waals surface area (Å²) in [5.41, 5.74) is 0.0202. The summed E-state index contributed by atoms with van der Waals surface area (Å²) >= 11 is 13.4. The van der Waals surface area contributed by atoms with Crippen LogP contribution in [0.25, 0.3) is 11.1 Å². The van der Waals surface area contributed by atoms with Crippen molar-refractivity contribution in [1.82, 2.24) is 9.80 Å². The molecule has 2 aliphatic rings. The number of ether oxygens (including phenoxy) is 3. The van der Waals surface area contributed by atoms with E-state index in [9.17, 15) is 14.3 Å². The molecule has 1 fully saturated rings. The van der Waals surface area contributed by atoms with Gasteiger partial charge >= 0.3 is 6.09 Å². The molecule has 1 N–H and O–H groups in total. The zero-order valence-corrected chi connectivity index (χ0v) is 21.0. The van der Waals surface area contributed by atoms with Gasteiger partial charge in [-0.25, -0.2) is 9.18 Å². The number of hydrogen-bond donors (Lipinski definition) is 1. The second-order valence-corrected chi connectivity index (χ2v) is 10.1. The number of benzene rings is 2. The third-order valence-corrected chi connectivity index (χ3v) is 6.59. The molecule has 0 saturated carbocycles. The standard InChI is InChI=1S/C24H27Cl2FN2O5/c1-24(2,3)34-23(31)29-9-8-28-11-14-21(32-4)19(25)18(17-15(27)6-5-7-16(17)30)20(26)22(14)33-12-13(28)10-29/h5-7,13,30H,8-12H2,1-4H3/t13-/m1/s1. The van der Waals surface area contributed by atoms with Gasteiger partial charge in [0, 0.05) is 31.7 Å². The number of rotatable bonds is 2. The molecule has 0 aromatic heterocycles. The highest BCUT2D eigenvalue weighted by Gasteiger charge is 2.37. The van der Waals surface area contributed by atoms with Crippen LogP contribution in [0, 0.1) is 5.82 Å². The Bertz CT molecular complexity index is 1100. The van der Waals surface area contributed by atoms with Crippen LogP contribution in [0.15, 0.2) is 18.2 Å². The Balaban J connectivity index is 1.70. The number of aromatic hydroxyl groups is 1. The Kier molecular flexibility index (Phi) is 6.77. The Hall–Kier alpha value is -2.42. The first-order valence-electron chi connectivity index (χ1n) is 10.9. The number of hydrogen-bond acceptors (Lipinski definition) is 6. The lowest BCUT2D eigenvalue weighted by molar-refractivity contribution is -0.00160. The zero-order valence-electron chi connectivity index (χ0n) is 19.5. The second-order valence-electron chi connectivity index (χ2n) is 9.34. The third-order valence-electron chi connectivity index (χ3n) is 5.87. The number of methoxy groups -OCH3 is 1. The number of phenolic OH excluding ortho intramolecular Hbond substituents is 1. The minimum absolute atomic E-state index is 0.0843. The molecule has 0 bridgehead atoms. The van der Waals surface area contributed by atoms with Crippen LogP contribution in [-0.4, -0.2) is 66.0 Å². The van der Waals surface area contributed by atoms with Gasteiger partial charge in [-0.05, 0) is 32.9 Å². The molecule has 1 saturated heterocycles. The Morgan fingerprint density at radius 1 is 1.21 bits per heavy atom. The topological polar surface area (TPSA) is 71.5 Å². The summed E-state index contributed by atoms with van der Waals surface area (Å²) in [4.78, 5) is 16.4. The normalized spacial score (nSPS) is 18.4. The zero-order chi connectivity index (χ0) is 24.8. The van der Waals surface area contributed by atoms with Crippen molar-refractivity contribution in [2.45, 2.75) is 39.0 Å². The molecule has 0 spiro atoms. The van der Waals surface area contributed by atoms with Gasteiger partial charge in [-0.15, -0.1) is 0 Å². The quantitative estimate of drug-likeness (QED) is 0.586. The molecule has 1 amide bonds.